The lowest BCUT2D eigenvalue weighted by Crippen LogP contribution is -2.53. The molecule has 0 aliphatic carbocycles. The third kappa shape index (κ3) is 107. The van der Waals surface area contributed by atoms with Crippen LogP contribution in [-0.4, -0.2) is 336 Å². The molecule has 0 bridgehead atoms. The van der Waals surface area contributed by atoms with Gasteiger partial charge in [0.1, 0.15) is 0 Å². The van der Waals surface area contributed by atoms with Crippen LogP contribution >= 0.6 is 0 Å². The van der Waals surface area contributed by atoms with Crippen LogP contribution < -0.4 is 21.7 Å². The Morgan fingerprint density at radius 3 is 1.20 bits per heavy atom. The Kier molecular flexibility index (Phi) is 112. The normalized spacial score (nSPS) is 16.2. The number of likely N-dealkylation sites (tertiary alicyclic amines) is 3. The first kappa shape index (κ1) is 143. The molecule has 0 aromatic rings. The number of ether oxygens (including phenoxy) is 2. The highest BCUT2D eigenvalue weighted by molar-refractivity contribution is 5.77. The number of carbonyl (C=O) groups is 2. The minimum Gasteiger partial charge on any atom is -0.513 e. The average molecular weight is 1730 g/mol. The quantitative estimate of drug-likeness (QED) is 0.0168. The van der Waals surface area contributed by atoms with Crippen LogP contribution in [0.2, 0.25) is 0 Å². The van der Waals surface area contributed by atoms with Gasteiger partial charge in [-0.25, -0.2) is 10.5 Å². The molecule has 0 aromatic carbocycles. The number of hydrogen-bond acceptors (Lipinski definition) is 21. The SMILES string of the molecule is C.C.C.C.C.C=C(NOC)C(C)C.C=C(O)C(C)C.CC(C)C(=O)NN1CCN(C)CC1.CC(C)C(=O)NOCCN(C)C.CC(C)C1=CCN(C)CC1.CC(C)C1CCN(C)CC1.CC(C)CN(C)C.CC(C)CN1CCCC1.CC(C)CN1CCN(C)CC1.CC(C)OCCN1CCCC1.CC(C)[C@@H](O)CO.CNCC(C)C.COC(C)C. The van der Waals surface area contributed by atoms with Gasteiger partial charge in [0.25, 0.3) is 0 Å². The van der Waals surface area contributed by atoms with Crippen LogP contribution in [-0.2, 0) is 28.7 Å². The van der Waals surface area contributed by atoms with Crippen molar-refractivity contribution in [1.82, 2.24) is 70.8 Å². The molecule has 1 atom stereocenters. The van der Waals surface area contributed by atoms with Crippen molar-refractivity contribution < 1.29 is 44.1 Å². The number of piperidine rings is 1. The van der Waals surface area contributed by atoms with Gasteiger partial charge in [-0.2, -0.15) is 0 Å². The minimum atomic E-state index is -0.542. The van der Waals surface area contributed by atoms with Crippen molar-refractivity contribution in [3.63, 3.8) is 0 Å². The van der Waals surface area contributed by atoms with Crippen LogP contribution in [0.5, 0.6) is 0 Å². The van der Waals surface area contributed by atoms with Gasteiger partial charge < -0.3 is 74.2 Å². The molecule has 5 saturated heterocycles. The number of amides is 2. The summed E-state index contributed by atoms with van der Waals surface area (Å²) in [5, 5.41) is 30.4. The van der Waals surface area contributed by atoms with Gasteiger partial charge in [0.15, 0.2) is 0 Å². The molecule has 2 amide bonds. The number of hydrogen-bond donors (Lipinski definition) is 7. The highest BCUT2D eigenvalue weighted by atomic mass is 16.7. The van der Waals surface area contributed by atoms with E-state index in [1.54, 1.807) is 19.8 Å². The molecule has 734 valence electrons. The van der Waals surface area contributed by atoms with Gasteiger partial charge in [0.2, 0.25) is 11.8 Å². The number of aliphatic hydroxyl groups is 3. The summed E-state index contributed by atoms with van der Waals surface area (Å²) in [4.78, 5) is 53.0. The topological polar surface area (TPSA) is 212 Å². The predicted molar refractivity (Wildman–Crippen MR) is 532 cm³/mol. The van der Waals surface area contributed by atoms with Crippen LogP contribution in [0.4, 0.5) is 0 Å². The Morgan fingerprint density at radius 1 is 0.517 bits per heavy atom. The summed E-state index contributed by atoms with van der Waals surface area (Å²) in [5.41, 5.74) is 10.5. The zero-order valence-electron chi connectivity index (χ0n) is 83.0. The molecule has 5 fully saturated rings. The zero-order chi connectivity index (χ0) is 90.3. The highest BCUT2D eigenvalue weighted by Gasteiger charge is 2.21. The first-order chi connectivity index (χ1) is 53.5. The fourth-order valence-electron chi connectivity index (χ4n) is 10.7. The fourth-order valence-corrected chi connectivity index (χ4v) is 10.7. The number of methoxy groups -OCH3 is 1. The van der Waals surface area contributed by atoms with E-state index in [1.165, 1.54) is 137 Å². The number of allylic oxidation sites excluding steroid dienone is 2. The number of hydrazine groups is 1. The van der Waals surface area contributed by atoms with E-state index in [2.05, 4.69) is 224 Å². The van der Waals surface area contributed by atoms with Gasteiger partial charge in [-0.3, -0.25) is 30.2 Å². The van der Waals surface area contributed by atoms with E-state index in [9.17, 15) is 9.59 Å². The number of aliphatic hydroxyl groups excluding tert-OH is 3. The molecule has 23 heteroatoms. The van der Waals surface area contributed by atoms with Crippen molar-refractivity contribution in [2.75, 3.05) is 241 Å². The Hall–Kier alpha value is -2.92. The van der Waals surface area contributed by atoms with Crippen LogP contribution in [0.3, 0.4) is 0 Å². The van der Waals surface area contributed by atoms with Crippen LogP contribution in [0.1, 0.15) is 262 Å². The van der Waals surface area contributed by atoms with Gasteiger partial charge in [-0.15, -0.1) is 0 Å². The van der Waals surface area contributed by atoms with E-state index in [0.717, 1.165) is 106 Å². The van der Waals surface area contributed by atoms with Gasteiger partial charge in [-0.05, 0) is 242 Å². The van der Waals surface area contributed by atoms with E-state index in [-0.39, 0.29) is 85.0 Å². The third-order valence-corrected chi connectivity index (χ3v) is 19.0. The lowest BCUT2D eigenvalue weighted by atomic mass is 9.87. The van der Waals surface area contributed by atoms with E-state index >= 15 is 0 Å². The second-order valence-electron chi connectivity index (χ2n) is 36.9. The molecular weight excluding hydrogens is 1510 g/mol. The maximum atomic E-state index is 11.3. The predicted octanol–water partition coefficient (Wildman–Crippen LogP) is 17.5. The molecule has 0 aromatic heterocycles. The number of rotatable bonds is 28. The summed E-state index contributed by atoms with van der Waals surface area (Å²) in [5.74, 6) is 7.08. The first-order valence-corrected chi connectivity index (χ1v) is 44.8. The first-order valence-electron chi connectivity index (χ1n) is 44.8. The van der Waals surface area contributed by atoms with E-state index in [0.29, 0.717) is 24.7 Å². The van der Waals surface area contributed by atoms with Crippen molar-refractivity contribution >= 4 is 11.8 Å². The molecule has 7 N–H and O–H groups in total. The number of nitrogens with one attached hydrogen (secondary N) is 4. The lowest BCUT2D eigenvalue weighted by molar-refractivity contribution is -0.137. The number of nitrogens with zero attached hydrogens (tertiary/aromatic N) is 10. The summed E-state index contributed by atoms with van der Waals surface area (Å²) >= 11 is 0. The second-order valence-corrected chi connectivity index (χ2v) is 36.9. The Balaban J connectivity index is -0.000000106. The summed E-state index contributed by atoms with van der Waals surface area (Å²) in [6.07, 6.45) is 12.3. The van der Waals surface area contributed by atoms with Crippen molar-refractivity contribution in [2.45, 2.75) is 280 Å². The van der Waals surface area contributed by atoms with Gasteiger partial charge in [-0.1, -0.05) is 214 Å². The van der Waals surface area contributed by atoms with Crippen molar-refractivity contribution in [2.24, 2.45) is 71.0 Å². The minimum absolute atomic E-state index is 0. The highest BCUT2D eigenvalue weighted by Crippen LogP contribution is 2.23. The summed E-state index contributed by atoms with van der Waals surface area (Å²) in [7, 11) is 22.0. The second kappa shape index (κ2) is 93.7. The maximum Gasteiger partial charge on any atom is 0.246 e. The molecular formula is C97H222N14O9. The molecule has 23 nitrogen and oxygen atoms in total. The molecule has 6 rings (SSSR count). The lowest BCUT2D eigenvalue weighted by Gasteiger charge is -2.33. The van der Waals surface area contributed by atoms with Gasteiger partial charge >= 0.3 is 0 Å². The Bertz CT molecular complexity index is 2130. The molecule has 6 heterocycles. The molecule has 0 saturated carbocycles. The van der Waals surface area contributed by atoms with E-state index in [1.807, 2.05) is 114 Å². The maximum absolute atomic E-state index is 11.3. The van der Waals surface area contributed by atoms with E-state index in [4.69, 9.17) is 29.6 Å². The van der Waals surface area contributed by atoms with Crippen LogP contribution in [0, 0.1) is 71.0 Å². The van der Waals surface area contributed by atoms with Crippen LogP contribution in [0.25, 0.3) is 0 Å². The van der Waals surface area contributed by atoms with Crippen LogP contribution in [0.15, 0.2) is 36.3 Å². The molecule has 6 aliphatic rings. The number of carbonyl (C=O) groups excluding carboxylic acids is 2. The fraction of sp³-hybridized carbons (Fsp3) is 0.918. The monoisotopic (exact) mass is 1730 g/mol. The van der Waals surface area contributed by atoms with Crippen molar-refractivity contribution in [3.8, 4) is 0 Å². The van der Waals surface area contributed by atoms with Crippen molar-refractivity contribution in [3.05, 3.63) is 36.3 Å². The smallest absolute Gasteiger partial charge is 0.246 e. The Morgan fingerprint density at radius 2 is 0.933 bits per heavy atom. The van der Waals surface area contributed by atoms with Crippen molar-refractivity contribution in [1.29, 1.82) is 0 Å². The standard InChI is InChI=1S/C9H19N3O.C9H20N2.C9H19NO.C9H19N.C9H17N.C8H18N2O2.C8H17N.C6H13NO.C6H15N.C5H13N.C5H12O2.C5H10O.C4H10O.5CH4/c1-8(2)9(13)10-12-6-4-11(3)5-7-12;1-9(2)8-11-6-4-10(3)5-7-11;1-9(2)11-8-7-10-5-3-4-6-10;2*1-8(2)9-4-6-10(3)7-5-9;1-7(2)8(11)9-12-6-5-10(3)4;1-8(2)7-9-5-3-4-6-9;1-5(2)6(3)7-8-4;1-6(2)5-7(3)4;1-5(2)4-6-3;1-4(2)5(7)3-6;1-4(2)5(3)6;1-4(2)5-3;;;;;/h8H,4-7H2,1-3H3,(H,10,13);9H,4-8H2,1-3H3;9H,3-8H2,1-2H3;8-9H,4-7H2,1-3H3;4,8H,5-7H2,1-3H3;7H,5-6H2,1-4H3,(H,9,11);8H,3-7H2,1-2H3;5,7H,3H2,1-2,4H3;6H,5H2,1-4H3;5-6H,4H2,1-3H3;4-7H,3H2,1-2H3;4,6H,3H2,1-2H3;4H,1-3H3;5*1H4/t;;;;;;;;;;5-;;;;;;;/m..........0......./s1. The van der Waals surface area contributed by atoms with Gasteiger partial charge in [0.05, 0.1) is 51.0 Å². The number of likely N-dealkylation sites (N-methyl/N-ethyl adjacent to an activating group) is 4. The molecule has 6 aliphatic heterocycles. The Labute approximate surface area is 752 Å². The summed E-state index contributed by atoms with van der Waals surface area (Å²) < 4.78 is 10.2. The zero-order valence-corrected chi connectivity index (χ0v) is 83.0. The van der Waals surface area contributed by atoms with Gasteiger partial charge in [0, 0.05) is 122 Å². The molecule has 0 unspecified atom stereocenters. The third-order valence-electron chi connectivity index (χ3n) is 19.0. The molecule has 0 spiro atoms. The largest absolute Gasteiger partial charge is 0.513 e. The molecule has 0 radical (unpaired) electrons. The summed E-state index contributed by atoms with van der Waals surface area (Å²) in [6.45, 7) is 88.8. The molecule has 120 heavy (non-hydrogen) atoms. The number of hydroxylamine groups is 2. The van der Waals surface area contributed by atoms with E-state index < -0.39 is 6.10 Å². The summed E-state index contributed by atoms with van der Waals surface area (Å²) in [6, 6.07) is 0. The number of piperazine rings is 2. The average Bonchev–Trinajstić information content (AvgIpc) is 1.07.